The van der Waals surface area contributed by atoms with E-state index in [-0.39, 0.29) is 29.5 Å². The number of ether oxygens (including phenoxy) is 1. The number of nitriles is 1. The molecule has 268 valence electrons. The first-order chi connectivity index (χ1) is 23.8. The van der Waals surface area contributed by atoms with Crippen molar-refractivity contribution in [3.63, 3.8) is 0 Å². The molecule has 1 aromatic carbocycles. The summed E-state index contributed by atoms with van der Waals surface area (Å²) in [5.74, 6) is -0.171. The molecule has 3 aliphatic carbocycles. The van der Waals surface area contributed by atoms with Crippen molar-refractivity contribution in [2.24, 2.45) is 17.3 Å². The molecular formula is C38H51BN4O7. The zero-order valence-corrected chi connectivity index (χ0v) is 30.1. The number of carboxylic acid groups (broad SMARTS) is 1. The summed E-state index contributed by atoms with van der Waals surface area (Å²) in [6, 6.07) is 9.53. The Hall–Kier alpha value is -3.37. The number of carbonyl (C=O) groups excluding carboxylic acids is 1. The van der Waals surface area contributed by atoms with Gasteiger partial charge in [-0.25, -0.2) is 4.79 Å². The highest BCUT2D eigenvalue weighted by Gasteiger charge is 2.69. The van der Waals surface area contributed by atoms with Crippen LogP contribution >= 0.6 is 0 Å². The van der Waals surface area contributed by atoms with Crippen molar-refractivity contribution in [2.75, 3.05) is 39.4 Å². The Balaban J connectivity index is 1.18. The molecule has 6 atom stereocenters. The summed E-state index contributed by atoms with van der Waals surface area (Å²) in [5, 5.41) is 22.1. The van der Waals surface area contributed by atoms with Crippen molar-refractivity contribution in [1.82, 2.24) is 14.7 Å². The lowest BCUT2D eigenvalue weighted by Crippen LogP contribution is -2.65. The summed E-state index contributed by atoms with van der Waals surface area (Å²) in [6.07, 6.45) is 6.85. The fourth-order valence-corrected chi connectivity index (χ4v) is 9.75. The maximum Gasteiger partial charge on any atom is 0.482 e. The van der Waals surface area contributed by atoms with Gasteiger partial charge in [-0.3, -0.25) is 9.69 Å². The van der Waals surface area contributed by atoms with Gasteiger partial charge in [-0.05, 0) is 94.3 Å². The minimum Gasteiger partial charge on any atom is -0.465 e. The van der Waals surface area contributed by atoms with E-state index in [0.717, 1.165) is 42.2 Å². The van der Waals surface area contributed by atoms with Crippen LogP contribution in [0.4, 0.5) is 4.79 Å². The largest absolute Gasteiger partial charge is 0.482 e. The van der Waals surface area contributed by atoms with E-state index in [1.54, 1.807) is 17.2 Å². The number of hydrogen-bond acceptors (Lipinski definition) is 8. The Morgan fingerprint density at radius 1 is 1.16 bits per heavy atom. The van der Waals surface area contributed by atoms with Crippen molar-refractivity contribution in [3.8, 4) is 6.07 Å². The molecule has 0 spiro atoms. The zero-order valence-electron chi connectivity index (χ0n) is 30.1. The third-order valence-electron chi connectivity index (χ3n) is 12.9. The van der Waals surface area contributed by atoms with Crippen LogP contribution in [0.5, 0.6) is 0 Å². The van der Waals surface area contributed by atoms with Crippen LogP contribution in [-0.2, 0) is 25.3 Å². The molecule has 6 aliphatic rings. The van der Waals surface area contributed by atoms with Crippen LogP contribution < -0.4 is 0 Å². The number of piperidine rings is 1. The molecule has 3 saturated heterocycles. The highest BCUT2D eigenvalue weighted by atomic mass is 16.7. The third-order valence-corrected chi connectivity index (χ3v) is 12.9. The molecular weight excluding hydrogens is 635 g/mol. The van der Waals surface area contributed by atoms with Gasteiger partial charge < -0.3 is 33.4 Å². The van der Waals surface area contributed by atoms with Crippen molar-refractivity contribution in [2.45, 2.75) is 102 Å². The number of fused-ring (bicyclic) bond motifs is 1. The second-order valence-electron chi connectivity index (χ2n) is 16.4. The molecule has 0 unspecified atom stereocenters. The number of carbonyl (C=O) groups is 2. The monoisotopic (exact) mass is 686 g/mol. The second kappa shape index (κ2) is 13.3. The lowest BCUT2D eigenvalue weighted by atomic mass is 9.43. The van der Waals surface area contributed by atoms with Crippen molar-refractivity contribution >= 4 is 30.1 Å². The van der Waals surface area contributed by atoms with Crippen molar-refractivity contribution in [1.29, 1.82) is 5.26 Å². The van der Waals surface area contributed by atoms with E-state index in [1.807, 2.05) is 38.1 Å². The molecule has 0 radical (unpaired) electrons. The molecule has 2 aromatic rings. The SMILES string of the molecule is CC1(C)[C@@H]2C[C@H]3OB([C@H](Cc4coc5ccccc45)N(C[C@H]4CCCCN4C(=O)C(C#N)=CC(C)(C)N4CCOCC4)C(=O)O)O[C@@]3(C)[C@H]1C2. The Kier molecular flexibility index (Phi) is 9.33. The summed E-state index contributed by atoms with van der Waals surface area (Å²) in [6.45, 7) is 14.0. The van der Waals surface area contributed by atoms with Crippen LogP contribution in [0.3, 0.4) is 0 Å². The van der Waals surface area contributed by atoms with Crippen LogP contribution in [0.1, 0.15) is 72.3 Å². The zero-order chi connectivity index (χ0) is 35.4. The summed E-state index contributed by atoms with van der Waals surface area (Å²) >= 11 is 0. The van der Waals surface area contributed by atoms with Gasteiger partial charge in [0.05, 0.1) is 37.1 Å². The lowest BCUT2D eigenvalue weighted by Gasteiger charge is -2.64. The molecule has 1 aromatic heterocycles. The van der Waals surface area contributed by atoms with E-state index in [1.165, 1.54) is 4.90 Å². The van der Waals surface area contributed by atoms with E-state index in [9.17, 15) is 20.0 Å². The number of likely N-dealkylation sites (tertiary alicyclic amines) is 1. The Morgan fingerprint density at radius 2 is 1.92 bits per heavy atom. The first-order valence-electron chi connectivity index (χ1n) is 18.4. The standard InChI is InChI=1S/C38H51BN4O7/c1-36(2,41-14-16-47-17-15-41)21-26(22-40)34(44)42-13-9-8-10-28(42)23-43(35(45)46)33(18-25-24-48-30-12-7-6-11-29(25)30)39-49-32-20-27-19-31(37(27,3)4)38(32,5)50-39/h6-7,11-12,21,24,27-28,31-33H,8-10,13-20,23H2,1-5H3,(H,45,46)/t27-,28+,31-,32+,33-,38-/m0/s1. The van der Waals surface area contributed by atoms with Crippen LogP contribution in [0.25, 0.3) is 11.0 Å². The van der Waals surface area contributed by atoms with E-state index >= 15 is 0 Å². The number of nitrogens with zero attached hydrogens (tertiary/aromatic N) is 4. The highest BCUT2D eigenvalue weighted by Crippen LogP contribution is 2.66. The number of rotatable bonds is 9. The summed E-state index contributed by atoms with van der Waals surface area (Å²) in [7, 11) is -0.790. The maximum atomic E-state index is 14.2. The molecule has 1 N–H and O–H groups in total. The normalized spacial score (nSPS) is 30.4. The quantitative estimate of drug-likeness (QED) is 0.206. The average Bonchev–Trinajstić information content (AvgIpc) is 3.69. The second-order valence-corrected chi connectivity index (χ2v) is 16.4. The highest BCUT2D eigenvalue weighted by molar-refractivity contribution is 6.48. The smallest absolute Gasteiger partial charge is 0.465 e. The number of morpholine rings is 1. The van der Waals surface area contributed by atoms with Crippen LogP contribution in [-0.4, -0.2) is 108 Å². The molecule has 3 saturated carbocycles. The molecule has 12 heteroatoms. The number of amides is 2. The van der Waals surface area contributed by atoms with Gasteiger partial charge in [0.25, 0.3) is 5.91 Å². The summed E-state index contributed by atoms with van der Waals surface area (Å²) in [5.41, 5.74) is 0.789. The Morgan fingerprint density at radius 3 is 2.64 bits per heavy atom. The van der Waals surface area contributed by atoms with E-state index in [2.05, 4.69) is 31.7 Å². The Bertz CT molecular complexity index is 1680. The van der Waals surface area contributed by atoms with Crippen molar-refractivity contribution < 1.29 is 33.2 Å². The van der Waals surface area contributed by atoms with Crippen LogP contribution in [0, 0.1) is 28.6 Å². The van der Waals surface area contributed by atoms with Gasteiger partial charge in [0.1, 0.15) is 17.2 Å². The fourth-order valence-electron chi connectivity index (χ4n) is 9.75. The molecule has 2 bridgehead atoms. The number of para-hydroxylation sites is 1. The molecule has 6 fully saturated rings. The molecule has 3 aliphatic heterocycles. The molecule has 2 amide bonds. The minimum absolute atomic E-state index is 0.0786. The van der Waals surface area contributed by atoms with Crippen LogP contribution in [0.2, 0.25) is 0 Å². The summed E-state index contributed by atoms with van der Waals surface area (Å²) in [4.78, 5) is 32.9. The predicted octanol–water partition coefficient (Wildman–Crippen LogP) is 5.53. The topological polar surface area (TPSA) is 129 Å². The van der Waals surface area contributed by atoms with Crippen LogP contribution in [0.15, 0.2) is 46.6 Å². The van der Waals surface area contributed by atoms with Crippen molar-refractivity contribution in [3.05, 3.63) is 47.7 Å². The Labute approximate surface area is 295 Å². The summed E-state index contributed by atoms with van der Waals surface area (Å²) < 4.78 is 25.1. The van der Waals surface area contributed by atoms with Gasteiger partial charge >= 0.3 is 13.2 Å². The predicted molar refractivity (Wildman–Crippen MR) is 188 cm³/mol. The molecule has 50 heavy (non-hydrogen) atoms. The van der Waals surface area contributed by atoms with Gasteiger partial charge in [-0.15, -0.1) is 0 Å². The van der Waals surface area contributed by atoms with E-state index < -0.39 is 36.3 Å². The first kappa shape index (κ1) is 35.1. The molecule has 8 rings (SSSR count). The van der Waals surface area contributed by atoms with Gasteiger partial charge in [-0.1, -0.05) is 32.0 Å². The van der Waals surface area contributed by atoms with Gasteiger partial charge in [-0.2, -0.15) is 5.26 Å². The van der Waals surface area contributed by atoms with Gasteiger partial charge in [0.15, 0.2) is 0 Å². The minimum atomic E-state index is -1.10. The maximum absolute atomic E-state index is 14.2. The molecule has 11 nitrogen and oxygen atoms in total. The lowest BCUT2D eigenvalue weighted by molar-refractivity contribution is -0.199. The van der Waals surface area contributed by atoms with Gasteiger partial charge in [0, 0.05) is 43.1 Å². The van der Waals surface area contributed by atoms with E-state index in [4.69, 9.17) is 18.5 Å². The molecule has 4 heterocycles. The average molecular weight is 687 g/mol. The number of furan rings is 1. The fraction of sp³-hybridized carbons (Fsp3) is 0.658. The van der Waals surface area contributed by atoms with E-state index in [0.29, 0.717) is 57.5 Å². The van der Waals surface area contributed by atoms with Gasteiger partial charge in [0.2, 0.25) is 0 Å². The number of benzene rings is 1. The third kappa shape index (κ3) is 6.14. The number of hydrogen-bond donors (Lipinski definition) is 1. The first-order valence-corrected chi connectivity index (χ1v) is 18.4.